The number of hydrogen-bond acceptors (Lipinski definition) is 1. The molecule has 1 unspecified atom stereocenters. The Morgan fingerprint density at radius 1 is 1.38 bits per heavy atom. The topological polar surface area (TPSA) is 9.23 Å². The van der Waals surface area contributed by atoms with Crippen LogP contribution in [0.5, 0.6) is 5.75 Å². The Morgan fingerprint density at radius 3 is 2.62 bits per heavy atom. The smallest absolute Gasteiger partial charge is 0.125 e. The molecule has 16 heavy (non-hydrogen) atoms. The minimum absolute atomic E-state index is 0.352. The second-order valence-corrected chi connectivity index (χ2v) is 4.24. The molecule has 86 valence electrons. The largest absolute Gasteiger partial charge is 0.493 e. The van der Waals surface area contributed by atoms with Crippen LogP contribution in [0, 0.1) is 26.2 Å². The summed E-state index contributed by atoms with van der Waals surface area (Å²) < 4.78 is 5.72. The van der Waals surface area contributed by atoms with Gasteiger partial charge >= 0.3 is 0 Å². The quantitative estimate of drug-likeness (QED) is 0.695. The van der Waals surface area contributed by atoms with Crippen molar-refractivity contribution in [2.75, 3.05) is 6.61 Å². The van der Waals surface area contributed by atoms with E-state index in [9.17, 15) is 0 Å². The van der Waals surface area contributed by atoms with E-state index in [1.165, 1.54) is 16.7 Å². The molecule has 1 aromatic rings. The molecule has 0 saturated heterocycles. The molecule has 1 heteroatoms. The number of ether oxygens (including phenoxy) is 1. The molecule has 1 rings (SSSR count). The fourth-order valence-corrected chi connectivity index (χ4v) is 1.98. The summed E-state index contributed by atoms with van der Waals surface area (Å²) in [6.45, 7) is 9.05. The van der Waals surface area contributed by atoms with E-state index in [0.29, 0.717) is 12.5 Å². The molecule has 1 aromatic carbocycles. The van der Waals surface area contributed by atoms with Gasteiger partial charge in [0.1, 0.15) is 5.75 Å². The minimum atomic E-state index is 0.352. The number of terminal acetylenes is 1. The summed E-state index contributed by atoms with van der Waals surface area (Å²) in [5, 5.41) is 0. The van der Waals surface area contributed by atoms with E-state index in [1.54, 1.807) is 0 Å². The third-order valence-corrected chi connectivity index (χ3v) is 2.69. The zero-order valence-electron chi connectivity index (χ0n) is 10.6. The van der Waals surface area contributed by atoms with E-state index in [-0.39, 0.29) is 0 Å². The van der Waals surface area contributed by atoms with Crippen molar-refractivity contribution in [1.29, 1.82) is 0 Å². The van der Waals surface area contributed by atoms with Crippen molar-refractivity contribution in [1.82, 2.24) is 0 Å². The molecule has 0 aliphatic carbocycles. The molecule has 1 atom stereocenters. The Kier molecular flexibility index (Phi) is 4.43. The molecule has 0 fully saturated rings. The zero-order chi connectivity index (χ0) is 12.1. The molecule has 0 amide bonds. The van der Waals surface area contributed by atoms with Crippen LogP contribution in [0.15, 0.2) is 12.1 Å². The second kappa shape index (κ2) is 5.61. The molecule has 0 saturated carbocycles. The Labute approximate surface area is 98.8 Å². The summed E-state index contributed by atoms with van der Waals surface area (Å²) in [7, 11) is 0. The van der Waals surface area contributed by atoms with Gasteiger partial charge in [0.25, 0.3) is 0 Å². The predicted octanol–water partition coefficient (Wildman–Crippen LogP) is 3.83. The van der Waals surface area contributed by atoms with Gasteiger partial charge in [-0.25, -0.2) is 0 Å². The highest BCUT2D eigenvalue weighted by molar-refractivity contribution is 5.45. The van der Waals surface area contributed by atoms with Crippen LogP contribution in [0.25, 0.3) is 0 Å². The van der Waals surface area contributed by atoms with E-state index in [4.69, 9.17) is 11.2 Å². The molecule has 0 heterocycles. The van der Waals surface area contributed by atoms with Crippen molar-refractivity contribution in [3.63, 3.8) is 0 Å². The fourth-order valence-electron chi connectivity index (χ4n) is 1.98. The van der Waals surface area contributed by atoms with Crippen molar-refractivity contribution >= 4 is 0 Å². The zero-order valence-corrected chi connectivity index (χ0v) is 10.6. The Hall–Kier alpha value is -1.42. The third kappa shape index (κ3) is 2.79. The van der Waals surface area contributed by atoms with Gasteiger partial charge in [0.15, 0.2) is 0 Å². The minimum Gasteiger partial charge on any atom is -0.493 e. The number of aryl methyl sites for hydroxylation is 2. The first-order chi connectivity index (χ1) is 7.60. The van der Waals surface area contributed by atoms with Gasteiger partial charge in [-0.2, -0.15) is 0 Å². The highest BCUT2D eigenvalue weighted by atomic mass is 16.5. The number of rotatable bonds is 4. The molecule has 0 N–H and O–H groups in total. The summed E-state index contributed by atoms with van der Waals surface area (Å²) in [6, 6.07) is 4.33. The van der Waals surface area contributed by atoms with Crippen molar-refractivity contribution in [3.05, 3.63) is 28.8 Å². The van der Waals surface area contributed by atoms with Gasteiger partial charge in [-0.05, 0) is 37.8 Å². The van der Waals surface area contributed by atoms with Crippen LogP contribution in [0.1, 0.15) is 42.9 Å². The van der Waals surface area contributed by atoms with E-state index < -0.39 is 0 Å². The Morgan fingerprint density at radius 2 is 2.06 bits per heavy atom. The fraction of sp³-hybridized carbons (Fsp3) is 0.467. The average molecular weight is 216 g/mol. The van der Waals surface area contributed by atoms with E-state index in [0.717, 1.165) is 12.2 Å². The van der Waals surface area contributed by atoms with Crippen LogP contribution < -0.4 is 4.74 Å². The summed E-state index contributed by atoms with van der Waals surface area (Å²) >= 11 is 0. The molecule has 0 spiro atoms. The summed E-state index contributed by atoms with van der Waals surface area (Å²) in [4.78, 5) is 0. The van der Waals surface area contributed by atoms with Crippen LogP contribution >= 0.6 is 0 Å². The third-order valence-electron chi connectivity index (χ3n) is 2.69. The molecular formula is C15H20O. The molecule has 0 radical (unpaired) electrons. The van der Waals surface area contributed by atoms with Crippen LogP contribution in [-0.4, -0.2) is 6.61 Å². The monoisotopic (exact) mass is 216 g/mol. The predicted molar refractivity (Wildman–Crippen MR) is 69.0 cm³/mol. The van der Waals surface area contributed by atoms with Gasteiger partial charge in [0.2, 0.25) is 0 Å². The van der Waals surface area contributed by atoms with E-state index in [1.807, 2.05) is 6.92 Å². The van der Waals surface area contributed by atoms with Crippen molar-refractivity contribution in [2.24, 2.45) is 0 Å². The van der Waals surface area contributed by atoms with Gasteiger partial charge in [-0.15, -0.1) is 12.3 Å². The molecule has 0 aliphatic rings. The van der Waals surface area contributed by atoms with Crippen LogP contribution in [0.3, 0.4) is 0 Å². The molecule has 1 nitrogen and oxygen atoms in total. The lowest BCUT2D eigenvalue weighted by Crippen LogP contribution is -2.03. The lowest BCUT2D eigenvalue weighted by molar-refractivity contribution is 0.332. The highest BCUT2D eigenvalue weighted by Crippen LogP contribution is 2.32. The average Bonchev–Trinajstić information content (AvgIpc) is 2.22. The van der Waals surface area contributed by atoms with Gasteiger partial charge < -0.3 is 4.74 Å². The molecule has 0 bridgehead atoms. The van der Waals surface area contributed by atoms with Crippen LogP contribution in [0.4, 0.5) is 0 Å². The summed E-state index contributed by atoms with van der Waals surface area (Å²) in [5.41, 5.74) is 3.69. The maximum Gasteiger partial charge on any atom is 0.125 e. The van der Waals surface area contributed by atoms with Gasteiger partial charge in [-0.3, -0.25) is 0 Å². The highest BCUT2D eigenvalue weighted by Gasteiger charge is 2.13. The van der Waals surface area contributed by atoms with Gasteiger partial charge in [-0.1, -0.05) is 24.6 Å². The first-order valence-electron chi connectivity index (χ1n) is 5.77. The first-order valence-corrected chi connectivity index (χ1v) is 5.77. The molecule has 0 aromatic heterocycles. The Balaban J connectivity index is 3.18. The molecular weight excluding hydrogens is 196 g/mol. The normalized spacial score (nSPS) is 11.9. The summed E-state index contributed by atoms with van der Waals surface area (Å²) in [6.07, 6.45) is 6.13. The standard InChI is InChI=1S/C15H20O/c1-6-8-12(4)14-10-11(3)9-13(5)15(14)16-7-2/h1,9-10,12H,7-8H2,2-5H3. The number of hydrogen-bond donors (Lipinski definition) is 0. The first kappa shape index (κ1) is 12.6. The van der Waals surface area contributed by atoms with Gasteiger partial charge in [0, 0.05) is 6.42 Å². The Bertz CT molecular complexity index is 399. The van der Waals surface area contributed by atoms with Crippen LogP contribution in [-0.2, 0) is 0 Å². The van der Waals surface area contributed by atoms with Crippen molar-refractivity contribution in [3.8, 4) is 18.1 Å². The maximum atomic E-state index is 5.72. The van der Waals surface area contributed by atoms with Gasteiger partial charge in [0.05, 0.1) is 6.61 Å². The SMILES string of the molecule is C#CCC(C)c1cc(C)cc(C)c1OCC. The van der Waals surface area contributed by atoms with Crippen molar-refractivity contribution < 1.29 is 4.74 Å². The van der Waals surface area contributed by atoms with Crippen molar-refractivity contribution in [2.45, 2.75) is 40.0 Å². The van der Waals surface area contributed by atoms with E-state index in [2.05, 4.69) is 38.8 Å². The maximum absolute atomic E-state index is 5.72. The lowest BCUT2D eigenvalue weighted by Gasteiger charge is -2.18. The lowest BCUT2D eigenvalue weighted by atomic mass is 9.93. The summed E-state index contributed by atoms with van der Waals surface area (Å²) in [5.74, 6) is 4.08. The van der Waals surface area contributed by atoms with E-state index >= 15 is 0 Å². The number of benzene rings is 1. The molecule has 0 aliphatic heterocycles. The second-order valence-electron chi connectivity index (χ2n) is 4.24. The van der Waals surface area contributed by atoms with Crippen LogP contribution in [0.2, 0.25) is 0 Å².